The largest absolute Gasteiger partial charge is 0.497 e. The van der Waals surface area contributed by atoms with Crippen molar-refractivity contribution in [1.29, 1.82) is 0 Å². The highest BCUT2D eigenvalue weighted by atomic mass is 16.5. The number of anilines is 1. The predicted octanol–water partition coefficient (Wildman–Crippen LogP) is 2.63. The van der Waals surface area contributed by atoms with E-state index >= 15 is 0 Å². The van der Waals surface area contributed by atoms with Gasteiger partial charge in [-0.15, -0.1) is 0 Å². The normalized spacial score (nSPS) is 11.0. The van der Waals surface area contributed by atoms with Gasteiger partial charge < -0.3 is 20.5 Å². The van der Waals surface area contributed by atoms with Gasteiger partial charge in [0.1, 0.15) is 11.5 Å². The highest BCUT2D eigenvalue weighted by molar-refractivity contribution is 5.92. The molecule has 2 aromatic rings. The molecule has 5 heteroatoms. The molecule has 0 aliphatic heterocycles. The smallest absolute Gasteiger partial charge is 0.193 e. The molecule has 0 aliphatic carbocycles. The monoisotopic (exact) mass is 285 g/mol. The van der Waals surface area contributed by atoms with Crippen LogP contribution in [0, 0.1) is 0 Å². The average molecular weight is 285 g/mol. The Morgan fingerprint density at radius 3 is 2.67 bits per heavy atom. The molecule has 0 aliphatic rings. The standard InChI is InChI=1S/C16H19N3O2/c1-20-14-8-5-7-13(10-14)19-16(17)18-11-12-6-3-4-9-15(12)21-2/h3-10H,11H2,1-2H3,(H3,17,18,19). The van der Waals surface area contributed by atoms with Crippen LogP contribution in [0.4, 0.5) is 5.69 Å². The molecule has 3 N–H and O–H groups in total. The molecule has 0 radical (unpaired) electrons. The van der Waals surface area contributed by atoms with E-state index in [1.54, 1.807) is 14.2 Å². The second-order valence-electron chi connectivity index (χ2n) is 4.37. The molecule has 21 heavy (non-hydrogen) atoms. The van der Waals surface area contributed by atoms with Crippen molar-refractivity contribution in [3.05, 3.63) is 54.1 Å². The van der Waals surface area contributed by atoms with Gasteiger partial charge in [0.2, 0.25) is 0 Å². The van der Waals surface area contributed by atoms with Gasteiger partial charge in [-0.2, -0.15) is 0 Å². The molecule has 0 saturated carbocycles. The first-order chi connectivity index (χ1) is 10.2. The number of para-hydroxylation sites is 1. The second kappa shape index (κ2) is 7.19. The predicted molar refractivity (Wildman–Crippen MR) is 84.9 cm³/mol. The summed E-state index contributed by atoms with van der Waals surface area (Å²) in [6, 6.07) is 15.2. The fourth-order valence-corrected chi connectivity index (χ4v) is 1.89. The first kappa shape index (κ1) is 14.7. The molecule has 0 amide bonds. The van der Waals surface area contributed by atoms with Gasteiger partial charge in [-0.05, 0) is 18.2 Å². The van der Waals surface area contributed by atoms with E-state index in [0.29, 0.717) is 12.5 Å². The number of benzene rings is 2. The fraction of sp³-hybridized carbons (Fsp3) is 0.188. The highest BCUT2D eigenvalue weighted by Crippen LogP contribution is 2.19. The maximum Gasteiger partial charge on any atom is 0.193 e. The molecule has 5 nitrogen and oxygen atoms in total. The van der Waals surface area contributed by atoms with Gasteiger partial charge in [0, 0.05) is 17.3 Å². The van der Waals surface area contributed by atoms with E-state index in [9.17, 15) is 0 Å². The van der Waals surface area contributed by atoms with E-state index in [0.717, 1.165) is 22.7 Å². The lowest BCUT2D eigenvalue weighted by atomic mass is 10.2. The van der Waals surface area contributed by atoms with Gasteiger partial charge in [-0.25, -0.2) is 4.99 Å². The van der Waals surface area contributed by atoms with Crippen molar-refractivity contribution in [1.82, 2.24) is 0 Å². The van der Waals surface area contributed by atoms with Crippen LogP contribution in [0.25, 0.3) is 0 Å². The third-order valence-electron chi connectivity index (χ3n) is 2.95. The van der Waals surface area contributed by atoms with Crippen molar-refractivity contribution >= 4 is 11.6 Å². The minimum Gasteiger partial charge on any atom is -0.497 e. The lowest BCUT2D eigenvalue weighted by molar-refractivity contribution is 0.410. The van der Waals surface area contributed by atoms with Crippen molar-refractivity contribution in [2.75, 3.05) is 19.5 Å². The van der Waals surface area contributed by atoms with E-state index in [1.807, 2.05) is 48.5 Å². The summed E-state index contributed by atoms with van der Waals surface area (Å²) in [5, 5.41) is 3.03. The maximum atomic E-state index is 5.89. The van der Waals surface area contributed by atoms with Crippen LogP contribution in [0.15, 0.2) is 53.5 Å². The topological polar surface area (TPSA) is 68.9 Å². The number of rotatable bonds is 5. The fourth-order valence-electron chi connectivity index (χ4n) is 1.89. The Morgan fingerprint density at radius 1 is 1.10 bits per heavy atom. The Labute approximate surface area is 124 Å². The number of nitrogens with one attached hydrogen (secondary N) is 1. The average Bonchev–Trinajstić information content (AvgIpc) is 2.53. The minimum absolute atomic E-state index is 0.342. The van der Waals surface area contributed by atoms with Crippen LogP contribution < -0.4 is 20.5 Å². The number of hydrogen-bond donors (Lipinski definition) is 2. The summed E-state index contributed by atoms with van der Waals surface area (Å²) in [4.78, 5) is 4.32. The molecule has 0 unspecified atom stereocenters. The molecule has 0 bridgehead atoms. The zero-order valence-electron chi connectivity index (χ0n) is 12.2. The van der Waals surface area contributed by atoms with Gasteiger partial charge in [-0.3, -0.25) is 0 Å². The summed E-state index contributed by atoms with van der Waals surface area (Å²) < 4.78 is 10.4. The Morgan fingerprint density at radius 2 is 1.90 bits per heavy atom. The summed E-state index contributed by atoms with van der Waals surface area (Å²) in [7, 11) is 3.26. The highest BCUT2D eigenvalue weighted by Gasteiger charge is 2.01. The van der Waals surface area contributed by atoms with E-state index in [-0.39, 0.29) is 0 Å². The van der Waals surface area contributed by atoms with Crippen molar-refractivity contribution in [2.24, 2.45) is 10.7 Å². The van der Waals surface area contributed by atoms with Gasteiger partial charge in [0.25, 0.3) is 0 Å². The molecule has 0 saturated heterocycles. The van der Waals surface area contributed by atoms with Gasteiger partial charge in [-0.1, -0.05) is 24.3 Å². The van der Waals surface area contributed by atoms with E-state index in [4.69, 9.17) is 15.2 Å². The van der Waals surface area contributed by atoms with Crippen molar-refractivity contribution < 1.29 is 9.47 Å². The van der Waals surface area contributed by atoms with Crippen LogP contribution in [-0.2, 0) is 6.54 Å². The molecule has 0 aromatic heterocycles. The molecular formula is C16H19N3O2. The summed E-state index contributed by atoms with van der Waals surface area (Å²) >= 11 is 0. The lowest BCUT2D eigenvalue weighted by Gasteiger charge is -2.08. The third kappa shape index (κ3) is 4.14. The maximum absolute atomic E-state index is 5.89. The quantitative estimate of drug-likeness (QED) is 0.654. The Kier molecular flexibility index (Phi) is 5.04. The van der Waals surface area contributed by atoms with Crippen LogP contribution in [0.2, 0.25) is 0 Å². The Bertz CT molecular complexity index is 626. The number of guanidine groups is 1. The molecule has 0 fully saturated rings. The van der Waals surface area contributed by atoms with Crippen molar-refractivity contribution in [3.8, 4) is 11.5 Å². The molecule has 0 spiro atoms. The minimum atomic E-state index is 0.342. The summed E-state index contributed by atoms with van der Waals surface area (Å²) in [5.74, 6) is 1.90. The summed E-state index contributed by atoms with van der Waals surface area (Å²) in [6.07, 6.45) is 0. The zero-order chi connectivity index (χ0) is 15.1. The molecule has 2 aromatic carbocycles. The van der Waals surface area contributed by atoms with Gasteiger partial charge in [0.15, 0.2) is 5.96 Å². The number of hydrogen-bond acceptors (Lipinski definition) is 3. The molecule has 0 atom stereocenters. The molecular weight excluding hydrogens is 266 g/mol. The number of methoxy groups -OCH3 is 2. The van der Waals surface area contributed by atoms with Crippen LogP contribution in [0.1, 0.15) is 5.56 Å². The number of aliphatic imine (C=N–C) groups is 1. The molecule has 110 valence electrons. The molecule has 0 heterocycles. The van der Waals surface area contributed by atoms with Crippen molar-refractivity contribution in [3.63, 3.8) is 0 Å². The van der Waals surface area contributed by atoms with Crippen LogP contribution in [-0.4, -0.2) is 20.2 Å². The lowest BCUT2D eigenvalue weighted by Crippen LogP contribution is -2.22. The Hall–Kier alpha value is -2.69. The number of nitrogens with two attached hydrogens (primary N) is 1. The van der Waals surface area contributed by atoms with Crippen molar-refractivity contribution in [2.45, 2.75) is 6.54 Å². The first-order valence-electron chi connectivity index (χ1n) is 6.56. The third-order valence-corrected chi connectivity index (χ3v) is 2.95. The second-order valence-corrected chi connectivity index (χ2v) is 4.37. The van der Waals surface area contributed by atoms with Crippen LogP contribution >= 0.6 is 0 Å². The van der Waals surface area contributed by atoms with Crippen LogP contribution in [0.3, 0.4) is 0 Å². The van der Waals surface area contributed by atoms with Crippen LogP contribution in [0.5, 0.6) is 11.5 Å². The van der Waals surface area contributed by atoms with Gasteiger partial charge >= 0.3 is 0 Å². The zero-order valence-corrected chi connectivity index (χ0v) is 12.2. The van der Waals surface area contributed by atoms with E-state index in [1.165, 1.54) is 0 Å². The van der Waals surface area contributed by atoms with Gasteiger partial charge in [0.05, 0.1) is 20.8 Å². The van der Waals surface area contributed by atoms with E-state index in [2.05, 4.69) is 10.3 Å². The SMILES string of the molecule is COc1cccc(NC(N)=NCc2ccccc2OC)c1. The molecule has 2 rings (SSSR count). The number of ether oxygens (including phenoxy) is 2. The van der Waals surface area contributed by atoms with E-state index < -0.39 is 0 Å². The Balaban J connectivity index is 2.04. The number of nitrogens with zero attached hydrogens (tertiary/aromatic N) is 1. The summed E-state index contributed by atoms with van der Waals surface area (Å²) in [5.41, 5.74) is 7.71. The first-order valence-corrected chi connectivity index (χ1v) is 6.56. The summed E-state index contributed by atoms with van der Waals surface area (Å²) in [6.45, 7) is 0.451.